The standard InChI is InChI=1S/C21H25BN2O6/c1-4-29-21(27)19-12-17(15(2)13-23-19)11-16-5-7-18(8-6-16)22(28)30-20(26)14-24(3)9-10-25/h5-8,10,12-13,28H,4,9,11,14H2,1-3H3. The summed E-state index contributed by atoms with van der Waals surface area (Å²) in [6.07, 6.45) is 2.89. The highest BCUT2D eigenvalue weighted by molar-refractivity contribution is 6.61. The molecule has 0 aliphatic carbocycles. The highest BCUT2D eigenvalue weighted by Crippen LogP contribution is 2.15. The van der Waals surface area contributed by atoms with Gasteiger partial charge >= 0.3 is 19.1 Å². The Hall–Kier alpha value is -3.04. The van der Waals surface area contributed by atoms with E-state index in [0.717, 1.165) is 16.7 Å². The Bertz CT molecular complexity index is 888. The molecule has 1 heterocycles. The molecule has 0 aliphatic rings. The second kappa shape index (κ2) is 11.2. The molecule has 0 unspecified atom stereocenters. The summed E-state index contributed by atoms with van der Waals surface area (Å²) in [4.78, 5) is 39.7. The molecule has 9 heteroatoms. The summed E-state index contributed by atoms with van der Waals surface area (Å²) in [5.74, 6) is -1.09. The molecule has 1 N–H and O–H groups in total. The number of hydrogen-bond acceptors (Lipinski definition) is 8. The maximum absolute atomic E-state index is 11.9. The Morgan fingerprint density at radius 2 is 1.97 bits per heavy atom. The maximum Gasteiger partial charge on any atom is 0.561 e. The third-order valence-electron chi connectivity index (χ3n) is 4.39. The highest BCUT2D eigenvalue weighted by atomic mass is 16.6. The third-order valence-corrected chi connectivity index (χ3v) is 4.39. The van der Waals surface area contributed by atoms with Gasteiger partial charge in [-0.3, -0.25) is 9.69 Å². The van der Waals surface area contributed by atoms with Gasteiger partial charge in [-0.15, -0.1) is 0 Å². The second-order valence-corrected chi connectivity index (χ2v) is 6.84. The molecule has 158 valence electrons. The lowest BCUT2D eigenvalue weighted by Gasteiger charge is -2.14. The van der Waals surface area contributed by atoms with E-state index in [0.29, 0.717) is 18.2 Å². The van der Waals surface area contributed by atoms with Crippen molar-refractivity contribution in [2.24, 2.45) is 0 Å². The molecule has 0 amide bonds. The van der Waals surface area contributed by atoms with E-state index in [-0.39, 0.29) is 25.4 Å². The van der Waals surface area contributed by atoms with E-state index in [1.54, 1.807) is 38.4 Å². The minimum Gasteiger partial charge on any atom is -0.505 e. The summed E-state index contributed by atoms with van der Waals surface area (Å²) in [6, 6.07) is 8.69. The van der Waals surface area contributed by atoms with Crippen molar-refractivity contribution in [2.45, 2.75) is 20.3 Å². The summed E-state index contributed by atoms with van der Waals surface area (Å²) in [5, 5.41) is 10.1. The first-order valence-corrected chi connectivity index (χ1v) is 9.55. The Morgan fingerprint density at radius 3 is 2.60 bits per heavy atom. The number of carbonyl (C=O) groups excluding carboxylic acids is 3. The van der Waals surface area contributed by atoms with Crippen LogP contribution in [-0.2, 0) is 25.4 Å². The molecule has 0 fully saturated rings. The monoisotopic (exact) mass is 412 g/mol. The normalized spacial score (nSPS) is 10.6. The molecule has 0 aliphatic heterocycles. The Balaban J connectivity index is 2.02. The zero-order valence-electron chi connectivity index (χ0n) is 17.3. The quantitative estimate of drug-likeness (QED) is 0.342. The fourth-order valence-corrected chi connectivity index (χ4v) is 2.73. The number of benzene rings is 1. The minimum absolute atomic E-state index is 0.0992. The van der Waals surface area contributed by atoms with Gasteiger partial charge in [0.1, 0.15) is 12.0 Å². The molecule has 0 bridgehead atoms. The van der Waals surface area contributed by atoms with Crippen LogP contribution in [0.3, 0.4) is 0 Å². The van der Waals surface area contributed by atoms with Crippen LogP contribution >= 0.6 is 0 Å². The average Bonchev–Trinajstić information content (AvgIpc) is 2.70. The van der Waals surface area contributed by atoms with E-state index < -0.39 is 19.1 Å². The predicted octanol–water partition coefficient (Wildman–Crippen LogP) is 0.519. The molecule has 30 heavy (non-hydrogen) atoms. The molecule has 0 atom stereocenters. The van der Waals surface area contributed by atoms with E-state index >= 15 is 0 Å². The minimum atomic E-state index is -1.39. The van der Waals surface area contributed by atoms with Gasteiger partial charge in [0.2, 0.25) is 0 Å². The van der Waals surface area contributed by atoms with Crippen LogP contribution in [0.25, 0.3) is 0 Å². The summed E-state index contributed by atoms with van der Waals surface area (Å²) in [5.41, 5.74) is 3.53. The SMILES string of the molecule is CCOC(=O)c1cc(Cc2ccc(B(O)OC(=O)CN(C)CC=O)cc2)c(C)cn1. The van der Waals surface area contributed by atoms with Crippen LogP contribution in [0.4, 0.5) is 0 Å². The van der Waals surface area contributed by atoms with Crippen molar-refractivity contribution in [1.82, 2.24) is 9.88 Å². The van der Waals surface area contributed by atoms with Gasteiger partial charge < -0.3 is 19.2 Å². The molecule has 2 aromatic rings. The van der Waals surface area contributed by atoms with Gasteiger partial charge in [-0.2, -0.15) is 0 Å². The largest absolute Gasteiger partial charge is 0.561 e. The van der Waals surface area contributed by atoms with Crippen molar-refractivity contribution in [3.05, 3.63) is 58.9 Å². The van der Waals surface area contributed by atoms with Crippen LogP contribution in [0.2, 0.25) is 0 Å². The summed E-state index contributed by atoms with van der Waals surface area (Å²) in [6.45, 7) is 3.94. The van der Waals surface area contributed by atoms with Crippen molar-refractivity contribution in [3.8, 4) is 0 Å². The number of pyridine rings is 1. The van der Waals surface area contributed by atoms with Gasteiger partial charge in [-0.1, -0.05) is 24.3 Å². The van der Waals surface area contributed by atoms with Crippen molar-refractivity contribution in [3.63, 3.8) is 0 Å². The van der Waals surface area contributed by atoms with Crippen LogP contribution in [0.1, 0.15) is 34.1 Å². The number of ether oxygens (including phenoxy) is 1. The lowest BCUT2D eigenvalue weighted by molar-refractivity contribution is -0.136. The highest BCUT2D eigenvalue weighted by Gasteiger charge is 2.22. The predicted molar refractivity (Wildman–Crippen MR) is 111 cm³/mol. The van der Waals surface area contributed by atoms with Crippen molar-refractivity contribution in [1.29, 1.82) is 0 Å². The van der Waals surface area contributed by atoms with Gasteiger partial charge in [-0.25, -0.2) is 9.78 Å². The topological polar surface area (TPSA) is 106 Å². The Kier molecular flexibility index (Phi) is 8.70. The molecule has 2 rings (SSSR count). The maximum atomic E-state index is 11.9. The van der Waals surface area contributed by atoms with E-state index in [2.05, 4.69) is 4.98 Å². The second-order valence-electron chi connectivity index (χ2n) is 6.84. The number of aldehydes is 1. The fourth-order valence-electron chi connectivity index (χ4n) is 2.73. The fraction of sp³-hybridized carbons (Fsp3) is 0.333. The Morgan fingerprint density at radius 1 is 1.27 bits per heavy atom. The number of carbonyl (C=O) groups is 3. The number of likely N-dealkylation sites (N-methyl/N-ethyl adjacent to an activating group) is 1. The zero-order valence-corrected chi connectivity index (χ0v) is 17.3. The smallest absolute Gasteiger partial charge is 0.505 e. The number of aryl methyl sites for hydroxylation is 1. The van der Waals surface area contributed by atoms with E-state index in [9.17, 15) is 19.4 Å². The lowest BCUT2D eigenvalue weighted by atomic mass is 9.79. The van der Waals surface area contributed by atoms with Crippen molar-refractivity contribution < 1.29 is 28.8 Å². The van der Waals surface area contributed by atoms with E-state index in [4.69, 9.17) is 9.39 Å². The van der Waals surface area contributed by atoms with Crippen LogP contribution in [0.15, 0.2) is 36.5 Å². The average molecular weight is 412 g/mol. The number of aromatic nitrogens is 1. The van der Waals surface area contributed by atoms with E-state index in [1.807, 2.05) is 19.1 Å². The number of nitrogens with zero attached hydrogens (tertiary/aromatic N) is 2. The molecule has 0 saturated carbocycles. The summed E-state index contributed by atoms with van der Waals surface area (Å²) < 4.78 is 9.99. The van der Waals surface area contributed by atoms with Gasteiger partial charge in [-0.05, 0) is 55.5 Å². The van der Waals surface area contributed by atoms with Gasteiger partial charge in [0.05, 0.1) is 19.7 Å². The molecule has 1 aromatic carbocycles. The van der Waals surface area contributed by atoms with Crippen LogP contribution in [-0.4, -0.2) is 67.0 Å². The molecular formula is C21H25BN2O6. The van der Waals surface area contributed by atoms with Crippen LogP contribution in [0, 0.1) is 6.92 Å². The summed E-state index contributed by atoms with van der Waals surface area (Å²) >= 11 is 0. The first-order valence-electron chi connectivity index (χ1n) is 9.55. The molecule has 0 spiro atoms. The van der Waals surface area contributed by atoms with Crippen LogP contribution < -0.4 is 5.46 Å². The van der Waals surface area contributed by atoms with Crippen molar-refractivity contribution in [2.75, 3.05) is 26.7 Å². The van der Waals surface area contributed by atoms with Crippen LogP contribution in [0.5, 0.6) is 0 Å². The van der Waals surface area contributed by atoms with Crippen molar-refractivity contribution >= 4 is 30.8 Å². The number of hydrogen-bond donors (Lipinski definition) is 1. The third kappa shape index (κ3) is 6.79. The Labute approximate surface area is 176 Å². The molecule has 1 aromatic heterocycles. The molecule has 0 radical (unpaired) electrons. The summed E-state index contributed by atoms with van der Waals surface area (Å²) in [7, 11) is 0.208. The van der Waals surface area contributed by atoms with Gasteiger partial charge in [0, 0.05) is 6.20 Å². The first kappa shape index (κ1) is 23.2. The first-order chi connectivity index (χ1) is 14.3. The van der Waals surface area contributed by atoms with Gasteiger partial charge in [0.15, 0.2) is 0 Å². The lowest BCUT2D eigenvalue weighted by Crippen LogP contribution is -2.39. The van der Waals surface area contributed by atoms with E-state index in [1.165, 1.54) is 4.90 Å². The molecule has 8 nitrogen and oxygen atoms in total. The molecular weight excluding hydrogens is 387 g/mol. The zero-order chi connectivity index (χ0) is 22.1. The van der Waals surface area contributed by atoms with Gasteiger partial charge in [0.25, 0.3) is 0 Å². The number of esters is 1. The number of rotatable bonds is 10. The molecule has 0 saturated heterocycles.